The monoisotopic (exact) mass is 349 g/mol. The van der Waals surface area contributed by atoms with Crippen molar-refractivity contribution >= 4 is 28.9 Å². The first-order chi connectivity index (χ1) is 11.6. The summed E-state index contributed by atoms with van der Waals surface area (Å²) in [5.74, 6) is -2.36. The van der Waals surface area contributed by atoms with Crippen molar-refractivity contribution in [1.82, 2.24) is 9.78 Å². The van der Waals surface area contributed by atoms with E-state index in [0.29, 0.717) is 0 Å². The van der Waals surface area contributed by atoms with Crippen molar-refractivity contribution in [3.63, 3.8) is 0 Å². The number of aromatic nitrogens is 2. The number of carboxylic acids is 1. The zero-order valence-corrected chi connectivity index (χ0v) is 12.9. The molecule has 12 nitrogen and oxygen atoms in total. The summed E-state index contributed by atoms with van der Waals surface area (Å²) in [6.07, 6.45) is 1.15. The summed E-state index contributed by atoms with van der Waals surface area (Å²) in [6, 6.07) is 1.91. The van der Waals surface area contributed by atoms with Gasteiger partial charge in [0.25, 0.3) is 17.3 Å². The van der Waals surface area contributed by atoms with Crippen LogP contribution in [0.5, 0.6) is 0 Å². The van der Waals surface area contributed by atoms with Gasteiger partial charge in [-0.15, -0.1) is 0 Å². The van der Waals surface area contributed by atoms with Crippen LogP contribution in [0.1, 0.15) is 26.4 Å². The van der Waals surface area contributed by atoms with Crippen molar-refractivity contribution < 1.29 is 24.5 Å². The number of hydrogen-bond donors (Lipinski definition) is 2. The maximum absolute atomic E-state index is 12.2. The van der Waals surface area contributed by atoms with E-state index in [1.807, 2.05) is 0 Å². The molecule has 1 aromatic heterocycles. The number of nitrogens with one attached hydrogen (secondary N) is 1. The van der Waals surface area contributed by atoms with Crippen LogP contribution in [0.2, 0.25) is 0 Å². The minimum atomic E-state index is -1.44. The van der Waals surface area contributed by atoms with Gasteiger partial charge >= 0.3 is 5.97 Å². The summed E-state index contributed by atoms with van der Waals surface area (Å²) in [4.78, 5) is 43.8. The van der Waals surface area contributed by atoms with E-state index in [4.69, 9.17) is 5.11 Å². The van der Waals surface area contributed by atoms with Gasteiger partial charge in [-0.25, -0.2) is 4.79 Å². The second-order valence-corrected chi connectivity index (χ2v) is 4.98. The summed E-state index contributed by atoms with van der Waals surface area (Å²) >= 11 is 0. The highest BCUT2D eigenvalue weighted by Crippen LogP contribution is 2.32. The van der Waals surface area contributed by atoms with Gasteiger partial charge in [-0.1, -0.05) is 0 Å². The first-order valence-corrected chi connectivity index (χ1v) is 6.63. The lowest BCUT2D eigenvalue weighted by molar-refractivity contribution is -0.395. The highest BCUT2D eigenvalue weighted by Gasteiger charge is 2.26. The van der Waals surface area contributed by atoms with Gasteiger partial charge in [-0.05, 0) is 6.92 Å². The van der Waals surface area contributed by atoms with Crippen LogP contribution < -0.4 is 5.32 Å². The second-order valence-electron chi connectivity index (χ2n) is 4.98. The molecule has 0 aliphatic rings. The Kier molecular flexibility index (Phi) is 4.45. The molecule has 0 aliphatic heterocycles. The van der Waals surface area contributed by atoms with E-state index in [9.17, 15) is 29.8 Å². The number of aromatic carboxylic acids is 1. The first-order valence-electron chi connectivity index (χ1n) is 6.63. The van der Waals surface area contributed by atoms with Gasteiger partial charge in [0.15, 0.2) is 5.69 Å². The fourth-order valence-corrected chi connectivity index (χ4v) is 2.15. The van der Waals surface area contributed by atoms with Crippen molar-refractivity contribution in [3.8, 4) is 0 Å². The Bertz CT molecular complexity index is 882. The van der Waals surface area contributed by atoms with Crippen LogP contribution in [-0.2, 0) is 7.05 Å². The molecule has 2 aromatic rings. The Morgan fingerprint density at radius 3 is 2.16 bits per heavy atom. The molecule has 0 saturated carbocycles. The van der Waals surface area contributed by atoms with Crippen LogP contribution >= 0.6 is 0 Å². The fraction of sp³-hybridized carbons (Fsp3) is 0.154. The topological polar surface area (TPSA) is 171 Å². The van der Waals surface area contributed by atoms with Crippen molar-refractivity contribution in [2.75, 3.05) is 5.32 Å². The molecule has 2 N–H and O–H groups in total. The highest BCUT2D eigenvalue weighted by molar-refractivity contribution is 6.10. The molecule has 130 valence electrons. The third kappa shape index (κ3) is 3.41. The lowest BCUT2D eigenvalue weighted by Gasteiger charge is -2.06. The summed E-state index contributed by atoms with van der Waals surface area (Å²) in [6.45, 7) is 1.21. The predicted molar refractivity (Wildman–Crippen MR) is 82.6 cm³/mol. The second kappa shape index (κ2) is 6.35. The lowest BCUT2D eigenvalue weighted by atomic mass is 10.1. The lowest BCUT2D eigenvalue weighted by Crippen LogP contribution is -2.15. The quantitative estimate of drug-likeness (QED) is 0.603. The number of carbonyl (C=O) groups is 2. The molecule has 0 atom stereocenters. The minimum absolute atomic E-state index is 0.166. The van der Waals surface area contributed by atoms with E-state index in [0.717, 1.165) is 23.0 Å². The summed E-state index contributed by atoms with van der Waals surface area (Å²) in [5, 5.41) is 36.9. The van der Waals surface area contributed by atoms with Gasteiger partial charge in [0.05, 0.1) is 21.1 Å². The number of carbonyl (C=O) groups excluding carboxylic acids is 1. The molecule has 0 spiro atoms. The van der Waals surface area contributed by atoms with Crippen molar-refractivity contribution in [1.29, 1.82) is 0 Å². The van der Waals surface area contributed by atoms with Crippen LogP contribution in [0, 0.1) is 27.2 Å². The van der Waals surface area contributed by atoms with Gasteiger partial charge < -0.3 is 10.4 Å². The van der Waals surface area contributed by atoms with E-state index in [1.165, 1.54) is 14.0 Å². The number of amides is 1. The number of anilines is 1. The minimum Gasteiger partial charge on any atom is -0.476 e. The highest BCUT2D eigenvalue weighted by atomic mass is 16.6. The molecule has 0 unspecified atom stereocenters. The molecule has 0 aliphatic carbocycles. The molecule has 1 heterocycles. The molecule has 0 saturated heterocycles. The zero-order chi connectivity index (χ0) is 18.9. The van der Waals surface area contributed by atoms with Gasteiger partial charge in [0.2, 0.25) is 0 Å². The average molecular weight is 349 g/mol. The third-order valence-electron chi connectivity index (χ3n) is 3.28. The Balaban J connectivity index is 2.47. The SMILES string of the molecule is Cc1c([N+](=O)[O-])cc(NC(=O)c2cn(C)nc2C(=O)O)cc1[N+](=O)[O-]. The van der Waals surface area contributed by atoms with Crippen LogP contribution in [0.15, 0.2) is 18.3 Å². The standard InChI is InChI=1S/C13H11N5O7/c1-6-9(17(22)23)3-7(4-10(6)18(24)25)14-12(19)8-5-16(2)15-11(8)13(20)21/h3-5H,1-2H3,(H,14,19)(H,20,21). The van der Waals surface area contributed by atoms with E-state index >= 15 is 0 Å². The van der Waals surface area contributed by atoms with Gasteiger partial charge in [-0.2, -0.15) is 5.10 Å². The first kappa shape index (κ1) is 17.5. The number of nitrogens with zero attached hydrogens (tertiary/aromatic N) is 4. The van der Waals surface area contributed by atoms with E-state index in [-0.39, 0.29) is 16.8 Å². The number of rotatable bonds is 5. The van der Waals surface area contributed by atoms with Crippen LogP contribution in [0.25, 0.3) is 0 Å². The molecule has 1 aromatic carbocycles. The molecule has 25 heavy (non-hydrogen) atoms. The van der Waals surface area contributed by atoms with E-state index < -0.39 is 38.8 Å². The van der Waals surface area contributed by atoms with Crippen molar-refractivity contribution in [2.24, 2.45) is 7.05 Å². The van der Waals surface area contributed by atoms with E-state index in [2.05, 4.69) is 10.4 Å². The van der Waals surface area contributed by atoms with Crippen molar-refractivity contribution in [3.05, 3.63) is 55.4 Å². The number of carboxylic acid groups (broad SMARTS) is 1. The molecular weight excluding hydrogens is 338 g/mol. The molecule has 0 radical (unpaired) electrons. The Hall–Kier alpha value is -3.83. The van der Waals surface area contributed by atoms with E-state index in [1.54, 1.807) is 0 Å². The number of nitro groups is 2. The molecule has 1 amide bonds. The fourth-order valence-electron chi connectivity index (χ4n) is 2.15. The molecule has 0 fully saturated rings. The maximum Gasteiger partial charge on any atom is 0.357 e. The third-order valence-corrected chi connectivity index (χ3v) is 3.28. The smallest absolute Gasteiger partial charge is 0.357 e. The largest absolute Gasteiger partial charge is 0.476 e. The van der Waals surface area contributed by atoms with Crippen molar-refractivity contribution in [2.45, 2.75) is 6.92 Å². The van der Waals surface area contributed by atoms with Gasteiger partial charge in [-0.3, -0.25) is 29.7 Å². The van der Waals surface area contributed by atoms with Crippen LogP contribution in [0.3, 0.4) is 0 Å². The summed E-state index contributed by atoms with van der Waals surface area (Å²) < 4.78 is 1.11. The van der Waals surface area contributed by atoms with Gasteiger partial charge in [0.1, 0.15) is 5.56 Å². The zero-order valence-electron chi connectivity index (χ0n) is 12.9. The number of nitro benzene ring substituents is 2. The number of hydrogen-bond acceptors (Lipinski definition) is 7. The Morgan fingerprint density at radius 1 is 1.20 bits per heavy atom. The van der Waals surface area contributed by atoms with Crippen LogP contribution in [-0.4, -0.2) is 36.6 Å². The maximum atomic E-state index is 12.2. The predicted octanol–water partition coefficient (Wildman–Crippen LogP) is 1.50. The number of aryl methyl sites for hydroxylation is 1. The number of benzene rings is 1. The normalized spacial score (nSPS) is 10.3. The van der Waals surface area contributed by atoms with Gasteiger partial charge in [0, 0.05) is 25.4 Å². The Labute approximate surface area is 139 Å². The molecule has 12 heteroatoms. The molecule has 0 bridgehead atoms. The average Bonchev–Trinajstić information content (AvgIpc) is 2.90. The van der Waals surface area contributed by atoms with Crippen LogP contribution in [0.4, 0.5) is 17.1 Å². The molecule has 2 rings (SSSR count). The summed E-state index contributed by atoms with van der Waals surface area (Å²) in [5.41, 5.74) is -2.28. The Morgan fingerprint density at radius 2 is 1.72 bits per heavy atom. The summed E-state index contributed by atoms with van der Waals surface area (Å²) in [7, 11) is 1.41. The molecular formula is C13H11N5O7.